The number of hydrogen-bond acceptors (Lipinski definition) is 2. The van der Waals surface area contributed by atoms with E-state index in [9.17, 15) is 0 Å². The van der Waals surface area contributed by atoms with Crippen LogP contribution in [-0.4, -0.2) is 37.1 Å². The van der Waals surface area contributed by atoms with Crippen LogP contribution in [0.15, 0.2) is 0 Å². The van der Waals surface area contributed by atoms with Crippen molar-refractivity contribution in [2.45, 2.75) is 84.2 Å². The van der Waals surface area contributed by atoms with Gasteiger partial charge in [0.1, 0.15) is 0 Å². The maximum atomic E-state index is 3.60. The molecule has 1 N–H and O–H groups in total. The van der Waals surface area contributed by atoms with Crippen molar-refractivity contribution in [2.24, 2.45) is 11.3 Å². The number of hydrogen-bond donors (Lipinski definition) is 1. The maximum absolute atomic E-state index is 3.60. The van der Waals surface area contributed by atoms with Gasteiger partial charge in [0.25, 0.3) is 0 Å². The summed E-state index contributed by atoms with van der Waals surface area (Å²) in [7, 11) is 2.16. The summed E-state index contributed by atoms with van der Waals surface area (Å²) >= 11 is 0. The van der Waals surface area contributed by atoms with E-state index in [0.717, 1.165) is 18.0 Å². The van der Waals surface area contributed by atoms with Gasteiger partial charge in [0.15, 0.2) is 0 Å². The monoisotopic (exact) mass is 280 g/mol. The molecule has 118 valence electrons. The lowest BCUT2D eigenvalue weighted by Gasteiger charge is -2.44. The number of nitrogens with one attached hydrogen (secondary N) is 1. The minimum absolute atomic E-state index is 0.547. The quantitative estimate of drug-likeness (QED) is 0.835. The average molecular weight is 280 g/mol. The normalized spacial score (nSPS) is 35.7. The summed E-state index contributed by atoms with van der Waals surface area (Å²) in [6.07, 6.45) is 11.2. The van der Waals surface area contributed by atoms with Gasteiger partial charge < -0.3 is 10.2 Å². The number of likely N-dealkylation sites (tertiary alicyclic amines) is 1. The van der Waals surface area contributed by atoms with Crippen LogP contribution in [0.1, 0.15) is 72.1 Å². The smallest absolute Gasteiger partial charge is 0.0105 e. The van der Waals surface area contributed by atoms with E-state index in [1.54, 1.807) is 0 Å². The first-order valence-corrected chi connectivity index (χ1v) is 8.97. The summed E-state index contributed by atoms with van der Waals surface area (Å²) in [5.41, 5.74) is 0.547. The molecule has 0 aromatic carbocycles. The molecule has 0 aromatic heterocycles. The molecule has 1 aliphatic heterocycles. The van der Waals surface area contributed by atoms with Crippen LogP contribution >= 0.6 is 0 Å². The highest BCUT2D eigenvalue weighted by molar-refractivity contribution is 4.91. The molecule has 1 saturated carbocycles. The number of rotatable bonds is 4. The first-order chi connectivity index (χ1) is 9.55. The lowest BCUT2D eigenvalue weighted by atomic mass is 9.69. The fraction of sp³-hybridized carbons (Fsp3) is 1.00. The molecule has 0 spiro atoms. The first kappa shape index (κ1) is 16.3. The highest BCUT2D eigenvalue weighted by atomic mass is 15.2. The van der Waals surface area contributed by atoms with E-state index in [1.807, 2.05) is 0 Å². The standard InChI is InChI=1S/C18H36N2/c1-5-16-9-7-6-8-12-20(16)14-15-13-18(2,3)11-10-17(15)19-4/h15-17,19H,5-14H2,1-4H3. The van der Waals surface area contributed by atoms with Gasteiger partial charge in [-0.3, -0.25) is 0 Å². The minimum atomic E-state index is 0.547. The third kappa shape index (κ3) is 4.21. The van der Waals surface area contributed by atoms with Crippen LogP contribution in [0.25, 0.3) is 0 Å². The van der Waals surface area contributed by atoms with Crippen molar-refractivity contribution in [2.75, 3.05) is 20.1 Å². The Morgan fingerprint density at radius 3 is 2.65 bits per heavy atom. The summed E-state index contributed by atoms with van der Waals surface area (Å²) in [6.45, 7) is 9.97. The molecule has 2 rings (SSSR count). The van der Waals surface area contributed by atoms with Crippen LogP contribution in [0.2, 0.25) is 0 Å². The van der Waals surface area contributed by atoms with Crippen LogP contribution in [0.5, 0.6) is 0 Å². The van der Waals surface area contributed by atoms with Gasteiger partial charge in [0, 0.05) is 18.6 Å². The molecule has 0 aromatic rings. The fourth-order valence-corrected chi connectivity index (χ4v) is 4.55. The molecular weight excluding hydrogens is 244 g/mol. The first-order valence-electron chi connectivity index (χ1n) is 8.97. The molecule has 0 bridgehead atoms. The molecule has 3 unspecified atom stereocenters. The third-order valence-electron chi connectivity index (χ3n) is 5.83. The summed E-state index contributed by atoms with van der Waals surface area (Å²) in [5, 5.41) is 3.60. The fourth-order valence-electron chi connectivity index (χ4n) is 4.55. The SMILES string of the molecule is CCC1CCCCCN1CC1CC(C)(C)CCC1NC. The molecule has 2 aliphatic rings. The van der Waals surface area contributed by atoms with Gasteiger partial charge in [-0.2, -0.15) is 0 Å². The van der Waals surface area contributed by atoms with Crippen molar-refractivity contribution < 1.29 is 0 Å². The Kier molecular flexibility index (Phi) is 5.92. The van der Waals surface area contributed by atoms with Gasteiger partial charge in [-0.1, -0.05) is 33.6 Å². The van der Waals surface area contributed by atoms with Crippen LogP contribution in [0.3, 0.4) is 0 Å². The topological polar surface area (TPSA) is 15.3 Å². The van der Waals surface area contributed by atoms with Gasteiger partial charge in [-0.15, -0.1) is 0 Å². The van der Waals surface area contributed by atoms with Gasteiger partial charge in [0.2, 0.25) is 0 Å². The van der Waals surface area contributed by atoms with Crippen molar-refractivity contribution in [1.29, 1.82) is 0 Å². The molecule has 1 saturated heterocycles. The Hall–Kier alpha value is -0.0800. The Balaban J connectivity index is 2.00. The lowest BCUT2D eigenvalue weighted by molar-refractivity contribution is 0.0833. The predicted octanol–water partition coefficient (Wildman–Crippen LogP) is 4.06. The van der Waals surface area contributed by atoms with E-state index in [0.29, 0.717) is 5.41 Å². The molecule has 0 radical (unpaired) electrons. The number of nitrogens with zero attached hydrogens (tertiary/aromatic N) is 1. The minimum Gasteiger partial charge on any atom is -0.317 e. The van der Waals surface area contributed by atoms with Crippen molar-refractivity contribution in [3.05, 3.63) is 0 Å². The molecule has 1 aliphatic carbocycles. The second-order valence-electron chi connectivity index (χ2n) is 7.97. The average Bonchev–Trinajstić information content (AvgIpc) is 2.63. The molecule has 0 amide bonds. The van der Waals surface area contributed by atoms with Gasteiger partial charge >= 0.3 is 0 Å². The van der Waals surface area contributed by atoms with Crippen molar-refractivity contribution in [3.63, 3.8) is 0 Å². The molecule has 20 heavy (non-hydrogen) atoms. The van der Waals surface area contributed by atoms with E-state index >= 15 is 0 Å². The summed E-state index contributed by atoms with van der Waals surface area (Å²) in [5.74, 6) is 0.843. The Bertz CT molecular complexity index is 287. The van der Waals surface area contributed by atoms with E-state index in [4.69, 9.17) is 0 Å². The molecule has 2 nitrogen and oxygen atoms in total. The molecule has 2 heteroatoms. The second kappa shape index (κ2) is 7.26. The van der Waals surface area contributed by atoms with E-state index in [1.165, 1.54) is 64.5 Å². The van der Waals surface area contributed by atoms with Crippen molar-refractivity contribution >= 4 is 0 Å². The molecule has 1 heterocycles. The molecule has 2 fully saturated rings. The highest BCUT2D eigenvalue weighted by Gasteiger charge is 2.35. The summed E-state index contributed by atoms with van der Waals surface area (Å²) in [6, 6.07) is 1.59. The van der Waals surface area contributed by atoms with Crippen LogP contribution in [0.4, 0.5) is 0 Å². The third-order valence-corrected chi connectivity index (χ3v) is 5.83. The Labute approximate surface area is 126 Å². The van der Waals surface area contributed by atoms with Gasteiger partial charge in [-0.25, -0.2) is 0 Å². The molecular formula is C18H36N2. The summed E-state index contributed by atoms with van der Waals surface area (Å²) in [4.78, 5) is 2.84. The highest BCUT2D eigenvalue weighted by Crippen LogP contribution is 2.39. The predicted molar refractivity (Wildman–Crippen MR) is 88.1 cm³/mol. The molecule has 3 atom stereocenters. The van der Waals surface area contributed by atoms with Gasteiger partial charge in [0.05, 0.1) is 0 Å². The van der Waals surface area contributed by atoms with Gasteiger partial charge in [-0.05, 0) is 63.5 Å². The lowest BCUT2D eigenvalue weighted by Crippen LogP contribution is -2.48. The van der Waals surface area contributed by atoms with Crippen LogP contribution in [-0.2, 0) is 0 Å². The largest absolute Gasteiger partial charge is 0.317 e. The zero-order chi connectivity index (χ0) is 14.6. The van der Waals surface area contributed by atoms with E-state index < -0.39 is 0 Å². The van der Waals surface area contributed by atoms with Crippen molar-refractivity contribution in [3.8, 4) is 0 Å². The van der Waals surface area contributed by atoms with Crippen molar-refractivity contribution in [1.82, 2.24) is 10.2 Å². The maximum Gasteiger partial charge on any atom is 0.0105 e. The second-order valence-corrected chi connectivity index (χ2v) is 7.97. The zero-order valence-corrected chi connectivity index (χ0v) is 14.3. The summed E-state index contributed by atoms with van der Waals surface area (Å²) < 4.78 is 0. The van der Waals surface area contributed by atoms with E-state index in [-0.39, 0.29) is 0 Å². The Morgan fingerprint density at radius 1 is 1.15 bits per heavy atom. The van der Waals surface area contributed by atoms with E-state index in [2.05, 4.69) is 38.0 Å². The van der Waals surface area contributed by atoms with Crippen LogP contribution in [0, 0.1) is 11.3 Å². The Morgan fingerprint density at radius 2 is 1.95 bits per heavy atom. The zero-order valence-electron chi connectivity index (χ0n) is 14.3. The van der Waals surface area contributed by atoms with Crippen LogP contribution < -0.4 is 5.32 Å².